The highest BCUT2D eigenvalue weighted by Crippen LogP contribution is 2.28. The summed E-state index contributed by atoms with van der Waals surface area (Å²) in [5.41, 5.74) is 0.696. The van der Waals surface area contributed by atoms with E-state index >= 15 is 0 Å². The van der Waals surface area contributed by atoms with Gasteiger partial charge in [-0.15, -0.1) is 0 Å². The number of hydrogen-bond acceptors (Lipinski definition) is 5. The molecule has 1 N–H and O–H groups in total. The summed E-state index contributed by atoms with van der Waals surface area (Å²) in [7, 11) is -3.66. The highest BCUT2D eigenvalue weighted by molar-refractivity contribution is 7.89. The molecule has 3 rings (SSSR count). The van der Waals surface area contributed by atoms with Gasteiger partial charge in [-0.05, 0) is 55.3 Å². The maximum Gasteiger partial charge on any atom is 0.262 e. The summed E-state index contributed by atoms with van der Waals surface area (Å²) in [6.07, 6.45) is 3.71. The summed E-state index contributed by atoms with van der Waals surface area (Å²) in [6.45, 7) is 0.696. The van der Waals surface area contributed by atoms with Crippen molar-refractivity contribution in [2.45, 2.75) is 30.6 Å². The van der Waals surface area contributed by atoms with Crippen LogP contribution in [-0.2, 0) is 14.8 Å². The molecular formula is C21H22ClN3O4S. The third-order valence-electron chi connectivity index (χ3n) is 4.77. The van der Waals surface area contributed by atoms with Crippen molar-refractivity contribution in [1.29, 1.82) is 5.26 Å². The fourth-order valence-corrected chi connectivity index (χ4v) is 4.86. The first-order valence-corrected chi connectivity index (χ1v) is 11.4. The van der Waals surface area contributed by atoms with E-state index in [9.17, 15) is 13.2 Å². The van der Waals surface area contributed by atoms with Crippen LogP contribution in [0, 0.1) is 11.3 Å². The molecule has 158 valence electrons. The first kappa shape index (κ1) is 22.1. The van der Waals surface area contributed by atoms with Gasteiger partial charge < -0.3 is 10.1 Å². The second-order valence-electron chi connectivity index (χ2n) is 6.93. The van der Waals surface area contributed by atoms with Crippen LogP contribution in [0.4, 0.5) is 5.69 Å². The number of nitriles is 1. The minimum absolute atomic E-state index is 0.0945. The Hall–Kier alpha value is -2.60. The minimum atomic E-state index is -3.66. The molecule has 1 fully saturated rings. The Morgan fingerprint density at radius 3 is 2.40 bits per heavy atom. The van der Waals surface area contributed by atoms with Gasteiger partial charge in [0.25, 0.3) is 5.91 Å². The number of carbonyl (C=O) groups excluding carboxylic acids is 1. The summed E-state index contributed by atoms with van der Waals surface area (Å²) >= 11 is 6.16. The quantitative estimate of drug-likeness (QED) is 0.726. The topological polar surface area (TPSA) is 99.5 Å². The van der Waals surface area contributed by atoms with Gasteiger partial charge in [0.1, 0.15) is 5.75 Å². The lowest BCUT2D eigenvalue weighted by atomic mass is 10.2. The highest BCUT2D eigenvalue weighted by atomic mass is 35.5. The number of nitrogens with zero attached hydrogens (tertiary/aromatic N) is 2. The Kier molecular flexibility index (Phi) is 7.32. The van der Waals surface area contributed by atoms with E-state index in [1.165, 1.54) is 22.5 Å². The van der Waals surface area contributed by atoms with Gasteiger partial charge in [0.2, 0.25) is 10.0 Å². The standard InChI is InChI=1S/C21H22ClN3O4S/c22-19-10-9-18(30(27,28)25-11-3-1-2-4-12-25)13-20(19)24-21(26)15-29-17-7-5-16(14-23)6-8-17/h5-10,13H,1-4,11-12,15H2,(H,24,26). The summed E-state index contributed by atoms with van der Waals surface area (Å²) in [4.78, 5) is 12.4. The maximum atomic E-state index is 13.0. The van der Waals surface area contributed by atoms with Crippen LogP contribution in [-0.4, -0.2) is 38.3 Å². The third kappa shape index (κ3) is 5.51. The van der Waals surface area contributed by atoms with Crippen molar-refractivity contribution in [2.24, 2.45) is 0 Å². The number of ether oxygens (including phenoxy) is 1. The van der Waals surface area contributed by atoms with Crippen molar-refractivity contribution >= 4 is 33.2 Å². The molecule has 0 saturated carbocycles. The van der Waals surface area contributed by atoms with E-state index in [0.29, 0.717) is 24.4 Å². The zero-order valence-corrected chi connectivity index (χ0v) is 17.9. The van der Waals surface area contributed by atoms with Gasteiger partial charge in [-0.2, -0.15) is 9.57 Å². The minimum Gasteiger partial charge on any atom is -0.484 e. The molecule has 0 bridgehead atoms. The number of benzene rings is 2. The average Bonchev–Trinajstić information content (AvgIpc) is 3.04. The average molecular weight is 448 g/mol. The molecule has 2 aromatic carbocycles. The first-order valence-electron chi connectivity index (χ1n) is 9.62. The van der Waals surface area contributed by atoms with Gasteiger partial charge in [0, 0.05) is 13.1 Å². The van der Waals surface area contributed by atoms with Crippen LogP contribution in [0.15, 0.2) is 47.4 Å². The largest absolute Gasteiger partial charge is 0.484 e. The maximum absolute atomic E-state index is 13.0. The number of carbonyl (C=O) groups is 1. The second kappa shape index (κ2) is 9.94. The Balaban J connectivity index is 1.68. The van der Waals surface area contributed by atoms with Crippen LogP contribution in [0.1, 0.15) is 31.2 Å². The summed E-state index contributed by atoms with van der Waals surface area (Å²) in [6, 6.07) is 12.6. The van der Waals surface area contributed by atoms with E-state index < -0.39 is 15.9 Å². The molecule has 2 aromatic rings. The summed E-state index contributed by atoms with van der Waals surface area (Å²) < 4.78 is 32.8. The third-order valence-corrected chi connectivity index (χ3v) is 6.99. The predicted octanol–water partition coefficient (Wildman–Crippen LogP) is 3.79. The van der Waals surface area contributed by atoms with Crippen LogP contribution >= 0.6 is 11.6 Å². The van der Waals surface area contributed by atoms with Gasteiger partial charge in [-0.1, -0.05) is 24.4 Å². The molecule has 0 unspecified atom stereocenters. The van der Waals surface area contributed by atoms with Gasteiger partial charge in [-0.3, -0.25) is 4.79 Å². The number of rotatable bonds is 6. The number of amides is 1. The molecule has 1 amide bonds. The van der Waals surface area contributed by atoms with E-state index in [1.807, 2.05) is 6.07 Å². The summed E-state index contributed by atoms with van der Waals surface area (Å²) in [5, 5.41) is 11.6. The molecule has 1 aliphatic heterocycles. The molecular weight excluding hydrogens is 426 g/mol. The molecule has 1 heterocycles. The van der Waals surface area contributed by atoms with Crippen molar-refractivity contribution in [1.82, 2.24) is 4.31 Å². The zero-order valence-electron chi connectivity index (χ0n) is 16.3. The fraction of sp³-hybridized carbons (Fsp3) is 0.333. The molecule has 0 atom stereocenters. The predicted molar refractivity (Wildman–Crippen MR) is 114 cm³/mol. The number of hydrogen-bond donors (Lipinski definition) is 1. The Morgan fingerprint density at radius 1 is 1.10 bits per heavy atom. The lowest BCUT2D eigenvalue weighted by Crippen LogP contribution is -2.32. The van der Waals surface area contributed by atoms with E-state index in [1.54, 1.807) is 24.3 Å². The molecule has 0 spiro atoms. The highest BCUT2D eigenvalue weighted by Gasteiger charge is 2.26. The second-order valence-corrected chi connectivity index (χ2v) is 9.28. The van der Waals surface area contributed by atoms with Crippen molar-refractivity contribution in [3.05, 3.63) is 53.1 Å². The molecule has 30 heavy (non-hydrogen) atoms. The van der Waals surface area contributed by atoms with Gasteiger partial charge >= 0.3 is 0 Å². The normalized spacial score (nSPS) is 15.1. The van der Waals surface area contributed by atoms with Crippen LogP contribution in [0.5, 0.6) is 5.75 Å². The van der Waals surface area contributed by atoms with E-state index in [0.717, 1.165) is 25.7 Å². The first-order chi connectivity index (χ1) is 14.4. The van der Waals surface area contributed by atoms with Crippen LogP contribution < -0.4 is 10.1 Å². The molecule has 1 saturated heterocycles. The van der Waals surface area contributed by atoms with E-state index in [4.69, 9.17) is 21.6 Å². The lowest BCUT2D eigenvalue weighted by Gasteiger charge is -2.20. The summed E-state index contributed by atoms with van der Waals surface area (Å²) in [5.74, 6) is -0.0432. The van der Waals surface area contributed by atoms with Crippen molar-refractivity contribution in [2.75, 3.05) is 25.0 Å². The SMILES string of the molecule is N#Cc1ccc(OCC(=O)Nc2cc(S(=O)(=O)N3CCCCCC3)ccc2Cl)cc1. The van der Waals surface area contributed by atoms with Crippen LogP contribution in [0.2, 0.25) is 5.02 Å². The zero-order chi connectivity index (χ0) is 21.6. The molecule has 9 heteroatoms. The van der Waals surface area contributed by atoms with Gasteiger partial charge in [-0.25, -0.2) is 8.42 Å². The van der Waals surface area contributed by atoms with Crippen LogP contribution in [0.25, 0.3) is 0 Å². The van der Waals surface area contributed by atoms with Gasteiger partial charge in [0.15, 0.2) is 6.61 Å². The Bertz CT molecular complexity index is 1040. The molecule has 0 radical (unpaired) electrons. The Morgan fingerprint density at radius 2 is 1.77 bits per heavy atom. The van der Waals surface area contributed by atoms with E-state index in [-0.39, 0.29) is 22.2 Å². The van der Waals surface area contributed by atoms with Crippen molar-refractivity contribution < 1.29 is 17.9 Å². The van der Waals surface area contributed by atoms with Crippen LogP contribution in [0.3, 0.4) is 0 Å². The van der Waals surface area contributed by atoms with Gasteiger partial charge in [0.05, 0.1) is 27.2 Å². The number of anilines is 1. The monoisotopic (exact) mass is 447 g/mol. The number of sulfonamides is 1. The molecule has 0 aromatic heterocycles. The molecule has 1 aliphatic rings. The molecule has 7 nitrogen and oxygen atoms in total. The molecule has 0 aliphatic carbocycles. The van der Waals surface area contributed by atoms with Crippen molar-refractivity contribution in [3.8, 4) is 11.8 Å². The smallest absolute Gasteiger partial charge is 0.262 e. The number of nitrogens with one attached hydrogen (secondary N) is 1. The lowest BCUT2D eigenvalue weighted by molar-refractivity contribution is -0.118. The van der Waals surface area contributed by atoms with Crippen molar-refractivity contribution in [3.63, 3.8) is 0 Å². The Labute approximate surface area is 181 Å². The fourth-order valence-electron chi connectivity index (χ4n) is 3.15. The number of halogens is 1. The van der Waals surface area contributed by atoms with E-state index in [2.05, 4.69) is 5.32 Å².